The third kappa shape index (κ3) is 3.89. The van der Waals surface area contributed by atoms with Crippen LogP contribution in [0.3, 0.4) is 0 Å². The highest BCUT2D eigenvalue weighted by Crippen LogP contribution is 2.11. The number of carboxylic acid groups (broad SMARTS) is 1. The standard InChI is InChI=1S/C10H17NO3/c1-14-9-4-2-6-11(8-9)7-3-5-10(12)13/h3,5,9H,2,4,6-8H2,1H3,(H,12,13). The number of hydrogen-bond acceptors (Lipinski definition) is 3. The van der Waals surface area contributed by atoms with E-state index in [2.05, 4.69) is 4.90 Å². The molecule has 14 heavy (non-hydrogen) atoms. The molecule has 0 aromatic rings. The summed E-state index contributed by atoms with van der Waals surface area (Å²) < 4.78 is 5.27. The van der Waals surface area contributed by atoms with Gasteiger partial charge < -0.3 is 9.84 Å². The zero-order valence-electron chi connectivity index (χ0n) is 8.48. The van der Waals surface area contributed by atoms with Crippen LogP contribution in [0.2, 0.25) is 0 Å². The minimum Gasteiger partial charge on any atom is -0.478 e. The summed E-state index contributed by atoms with van der Waals surface area (Å²) in [6, 6.07) is 0. The molecule has 1 atom stereocenters. The molecule has 1 heterocycles. The quantitative estimate of drug-likeness (QED) is 0.678. The molecule has 0 aromatic heterocycles. The number of aliphatic carboxylic acids is 1. The van der Waals surface area contributed by atoms with Gasteiger partial charge in [0.05, 0.1) is 6.10 Å². The van der Waals surface area contributed by atoms with Crippen LogP contribution >= 0.6 is 0 Å². The van der Waals surface area contributed by atoms with Gasteiger partial charge in [-0.1, -0.05) is 6.08 Å². The zero-order valence-corrected chi connectivity index (χ0v) is 8.48. The summed E-state index contributed by atoms with van der Waals surface area (Å²) in [5.74, 6) is -0.884. The molecule has 1 rings (SSSR count). The Kier molecular flexibility index (Phi) is 4.62. The van der Waals surface area contributed by atoms with Crippen molar-refractivity contribution in [1.29, 1.82) is 0 Å². The van der Waals surface area contributed by atoms with Crippen LogP contribution in [0, 0.1) is 0 Å². The Labute approximate surface area is 84.2 Å². The van der Waals surface area contributed by atoms with Gasteiger partial charge in [0.1, 0.15) is 0 Å². The molecule has 0 spiro atoms. The fourth-order valence-electron chi connectivity index (χ4n) is 1.67. The van der Waals surface area contributed by atoms with Crippen LogP contribution in [0.5, 0.6) is 0 Å². The summed E-state index contributed by atoms with van der Waals surface area (Å²) in [7, 11) is 1.72. The lowest BCUT2D eigenvalue weighted by atomic mass is 10.1. The Morgan fingerprint density at radius 2 is 2.50 bits per heavy atom. The topological polar surface area (TPSA) is 49.8 Å². The predicted octanol–water partition coefficient (Wildman–Crippen LogP) is 0.738. The van der Waals surface area contributed by atoms with Crippen molar-refractivity contribution in [2.24, 2.45) is 0 Å². The molecule has 0 aromatic carbocycles. The number of rotatable bonds is 4. The highest BCUT2D eigenvalue weighted by Gasteiger charge is 2.17. The second-order valence-corrected chi connectivity index (χ2v) is 3.50. The summed E-state index contributed by atoms with van der Waals surface area (Å²) in [4.78, 5) is 12.4. The van der Waals surface area contributed by atoms with Crippen LogP contribution in [0.1, 0.15) is 12.8 Å². The van der Waals surface area contributed by atoms with Crippen molar-refractivity contribution in [2.75, 3.05) is 26.7 Å². The highest BCUT2D eigenvalue weighted by atomic mass is 16.5. The van der Waals surface area contributed by atoms with E-state index in [0.717, 1.165) is 25.9 Å². The van der Waals surface area contributed by atoms with Gasteiger partial charge in [-0.05, 0) is 19.4 Å². The number of methoxy groups -OCH3 is 1. The number of ether oxygens (including phenoxy) is 1. The molecule has 1 unspecified atom stereocenters. The third-order valence-corrected chi connectivity index (χ3v) is 2.42. The predicted molar refractivity (Wildman–Crippen MR) is 53.2 cm³/mol. The molecule has 0 radical (unpaired) electrons. The molecule has 0 saturated carbocycles. The largest absolute Gasteiger partial charge is 0.478 e. The first kappa shape index (κ1) is 11.2. The minimum atomic E-state index is -0.884. The fourth-order valence-corrected chi connectivity index (χ4v) is 1.67. The van der Waals surface area contributed by atoms with E-state index in [0.29, 0.717) is 12.6 Å². The van der Waals surface area contributed by atoms with E-state index in [9.17, 15) is 4.79 Å². The number of likely N-dealkylation sites (tertiary alicyclic amines) is 1. The lowest BCUT2D eigenvalue weighted by Gasteiger charge is -2.30. The van der Waals surface area contributed by atoms with Gasteiger partial charge in [0.2, 0.25) is 0 Å². The Balaban J connectivity index is 2.27. The molecule has 1 fully saturated rings. The third-order valence-electron chi connectivity index (χ3n) is 2.42. The van der Waals surface area contributed by atoms with Gasteiger partial charge in [-0.2, -0.15) is 0 Å². The summed E-state index contributed by atoms with van der Waals surface area (Å²) in [5.41, 5.74) is 0. The number of nitrogens with zero attached hydrogens (tertiary/aromatic N) is 1. The molecule has 80 valence electrons. The maximum atomic E-state index is 10.2. The Morgan fingerprint density at radius 1 is 1.71 bits per heavy atom. The first-order chi connectivity index (χ1) is 6.72. The molecule has 1 aliphatic rings. The number of carboxylic acids is 1. The highest BCUT2D eigenvalue weighted by molar-refractivity contribution is 5.79. The summed E-state index contributed by atoms with van der Waals surface area (Å²) in [6.45, 7) is 2.64. The molecule has 0 bridgehead atoms. The van der Waals surface area contributed by atoms with E-state index in [1.165, 1.54) is 6.08 Å². The monoisotopic (exact) mass is 199 g/mol. The van der Waals surface area contributed by atoms with Crippen molar-refractivity contribution in [2.45, 2.75) is 18.9 Å². The van der Waals surface area contributed by atoms with Crippen LogP contribution in [0.15, 0.2) is 12.2 Å². The maximum absolute atomic E-state index is 10.2. The van der Waals surface area contributed by atoms with Gasteiger partial charge in [0.25, 0.3) is 0 Å². The molecular weight excluding hydrogens is 182 g/mol. The number of carbonyl (C=O) groups is 1. The summed E-state index contributed by atoms with van der Waals surface area (Å²) >= 11 is 0. The van der Waals surface area contributed by atoms with Crippen LogP contribution in [0.4, 0.5) is 0 Å². The van der Waals surface area contributed by atoms with Crippen LogP contribution in [-0.4, -0.2) is 48.8 Å². The van der Waals surface area contributed by atoms with Gasteiger partial charge in [0, 0.05) is 26.3 Å². The second kappa shape index (κ2) is 5.78. The molecular formula is C10H17NO3. The van der Waals surface area contributed by atoms with E-state index in [4.69, 9.17) is 9.84 Å². The molecule has 1 saturated heterocycles. The number of hydrogen-bond donors (Lipinski definition) is 1. The van der Waals surface area contributed by atoms with E-state index in [1.54, 1.807) is 13.2 Å². The van der Waals surface area contributed by atoms with E-state index < -0.39 is 5.97 Å². The van der Waals surface area contributed by atoms with Crippen molar-refractivity contribution in [3.63, 3.8) is 0 Å². The fraction of sp³-hybridized carbons (Fsp3) is 0.700. The first-order valence-corrected chi connectivity index (χ1v) is 4.87. The summed E-state index contributed by atoms with van der Waals surface area (Å²) in [5, 5.41) is 8.41. The average Bonchev–Trinajstić information content (AvgIpc) is 2.18. The van der Waals surface area contributed by atoms with Crippen molar-refractivity contribution < 1.29 is 14.6 Å². The molecule has 1 N–H and O–H groups in total. The minimum absolute atomic E-state index is 0.307. The van der Waals surface area contributed by atoms with E-state index >= 15 is 0 Å². The van der Waals surface area contributed by atoms with Gasteiger partial charge in [-0.25, -0.2) is 4.79 Å². The normalized spacial score (nSPS) is 24.2. The Bertz CT molecular complexity index is 215. The molecule has 0 aliphatic carbocycles. The lowest BCUT2D eigenvalue weighted by molar-refractivity contribution is -0.131. The Morgan fingerprint density at radius 3 is 3.14 bits per heavy atom. The van der Waals surface area contributed by atoms with E-state index in [1.807, 2.05) is 0 Å². The van der Waals surface area contributed by atoms with Crippen molar-refractivity contribution in [1.82, 2.24) is 4.90 Å². The molecule has 0 amide bonds. The lowest BCUT2D eigenvalue weighted by Crippen LogP contribution is -2.39. The van der Waals surface area contributed by atoms with Gasteiger partial charge in [-0.15, -0.1) is 0 Å². The van der Waals surface area contributed by atoms with Crippen molar-refractivity contribution >= 4 is 5.97 Å². The second-order valence-electron chi connectivity index (χ2n) is 3.50. The smallest absolute Gasteiger partial charge is 0.328 e. The zero-order chi connectivity index (χ0) is 10.4. The molecule has 4 heteroatoms. The van der Waals surface area contributed by atoms with Crippen LogP contribution in [0.25, 0.3) is 0 Å². The van der Waals surface area contributed by atoms with E-state index in [-0.39, 0.29) is 0 Å². The summed E-state index contributed by atoms with van der Waals surface area (Å²) in [6.07, 6.45) is 5.41. The van der Waals surface area contributed by atoms with Gasteiger partial charge in [0.15, 0.2) is 0 Å². The first-order valence-electron chi connectivity index (χ1n) is 4.87. The van der Waals surface area contributed by atoms with Crippen LogP contribution < -0.4 is 0 Å². The van der Waals surface area contributed by atoms with Crippen molar-refractivity contribution in [3.8, 4) is 0 Å². The average molecular weight is 199 g/mol. The molecule has 1 aliphatic heterocycles. The van der Waals surface area contributed by atoms with Crippen molar-refractivity contribution in [3.05, 3.63) is 12.2 Å². The SMILES string of the molecule is COC1CCCN(CC=CC(=O)O)C1. The van der Waals surface area contributed by atoms with Gasteiger partial charge in [-0.3, -0.25) is 4.90 Å². The Hall–Kier alpha value is -0.870. The van der Waals surface area contributed by atoms with Crippen LogP contribution in [-0.2, 0) is 9.53 Å². The molecule has 4 nitrogen and oxygen atoms in total. The van der Waals surface area contributed by atoms with Gasteiger partial charge >= 0.3 is 5.97 Å². The number of piperidine rings is 1. The maximum Gasteiger partial charge on any atom is 0.328 e.